The summed E-state index contributed by atoms with van der Waals surface area (Å²) in [5.41, 5.74) is 0.759. The number of aliphatic hydroxyl groups is 1. The van der Waals surface area contributed by atoms with Gasteiger partial charge in [0.15, 0.2) is 0 Å². The third kappa shape index (κ3) is 2.57. The van der Waals surface area contributed by atoms with E-state index in [0.717, 1.165) is 42.9 Å². The largest absolute Gasteiger partial charge is 0.395 e. The van der Waals surface area contributed by atoms with Gasteiger partial charge < -0.3 is 10.0 Å². The van der Waals surface area contributed by atoms with Crippen molar-refractivity contribution >= 4 is 16.7 Å². The average Bonchev–Trinajstić information content (AvgIpc) is 2.48. The van der Waals surface area contributed by atoms with Gasteiger partial charge in [0.25, 0.3) is 0 Å². The molecular weight excluding hydrogens is 259 g/mol. The molecule has 1 aromatic carbocycles. The quantitative estimate of drug-likeness (QED) is 0.902. The predicted molar refractivity (Wildman–Crippen MR) is 75.2 cm³/mol. The van der Waals surface area contributed by atoms with Crippen LogP contribution in [0.3, 0.4) is 0 Å². The first-order valence-electron chi connectivity index (χ1n) is 6.76. The Labute approximate surface area is 116 Å². The summed E-state index contributed by atoms with van der Waals surface area (Å²) in [7, 11) is 0. The molecule has 20 heavy (non-hydrogen) atoms. The second-order valence-electron chi connectivity index (χ2n) is 4.91. The molecule has 2 heterocycles. The maximum absolute atomic E-state index is 13.4. The second kappa shape index (κ2) is 5.68. The van der Waals surface area contributed by atoms with Crippen molar-refractivity contribution in [3.63, 3.8) is 0 Å². The van der Waals surface area contributed by atoms with Gasteiger partial charge in [0, 0.05) is 38.1 Å². The summed E-state index contributed by atoms with van der Waals surface area (Å²) in [5, 5.41) is 9.71. The molecule has 0 amide bonds. The highest BCUT2D eigenvalue weighted by Crippen LogP contribution is 2.24. The van der Waals surface area contributed by atoms with Crippen molar-refractivity contribution in [2.24, 2.45) is 0 Å². The Morgan fingerprint density at radius 1 is 1.15 bits per heavy atom. The molecule has 1 aliphatic rings. The molecule has 0 unspecified atom stereocenters. The number of benzene rings is 1. The summed E-state index contributed by atoms with van der Waals surface area (Å²) in [5.74, 6) is 0.519. The van der Waals surface area contributed by atoms with Crippen LogP contribution >= 0.6 is 0 Å². The van der Waals surface area contributed by atoms with Crippen LogP contribution in [0.2, 0.25) is 0 Å². The Balaban J connectivity index is 1.86. The maximum Gasteiger partial charge on any atom is 0.140 e. The standard InChI is InChI=1S/C14H17FN4O/c15-11-1-2-13-12(9-11)14(17-10-16-13)19-5-3-18(4-6-19)7-8-20/h1-2,9-10,20H,3-8H2. The third-order valence-electron chi connectivity index (χ3n) is 3.66. The van der Waals surface area contributed by atoms with Gasteiger partial charge in [-0.05, 0) is 18.2 Å². The first kappa shape index (κ1) is 13.2. The zero-order valence-electron chi connectivity index (χ0n) is 11.2. The van der Waals surface area contributed by atoms with E-state index < -0.39 is 0 Å². The van der Waals surface area contributed by atoms with E-state index in [1.54, 1.807) is 6.07 Å². The van der Waals surface area contributed by atoms with Crippen LogP contribution in [-0.4, -0.2) is 59.3 Å². The molecule has 0 spiro atoms. The molecule has 0 aliphatic carbocycles. The van der Waals surface area contributed by atoms with Gasteiger partial charge in [-0.3, -0.25) is 4.90 Å². The van der Waals surface area contributed by atoms with Crippen molar-refractivity contribution in [2.45, 2.75) is 0 Å². The normalized spacial score (nSPS) is 16.8. The molecule has 2 aromatic rings. The van der Waals surface area contributed by atoms with E-state index in [9.17, 15) is 4.39 Å². The first-order chi connectivity index (χ1) is 9.78. The van der Waals surface area contributed by atoms with Gasteiger partial charge in [-0.15, -0.1) is 0 Å². The highest BCUT2D eigenvalue weighted by molar-refractivity contribution is 5.89. The van der Waals surface area contributed by atoms with Crippen LogP contribution in [0, 0.1) is 5.82 Å². The van der Waals surface area contributed by atoms with Gasteiger partial charge in [0.1, 0.15) is 18.0 Å². The van der Waals surface area contributed by atoms with Crippen LogP contribution in [0.25, 0.3) is 10.9 Å². The van der Waals surface area contributed by atoms with E-state index in [1.165, 1.54) is 18.5 Å². The predicted octanol–water partition coefficient (Wildman–Crippen LogP) is 0.883. The molecule has 1 aromatic heterocycles. The van der Waals surface area contributed by atoms with Gasteiger partial charge in [0.2, 0.25) is 0 Å². The number of nitrogens with zero attached hydrogens (tertiary/aromatic N) is 4. The lowest BCUT2D eigenvalue weighted by molar-refractivity contribution is 0.188. The number of halogens is 1. The summed E-state index contributed by atoms with van der Waals surface area (Å²) < 4.78 is 13.4. The smallest absolute Gasteiger partial charge is 0.140 e. The number of hydrogen-bond donors (Lipinski definition) is 1. The fourth-order valence-electron chi connectivity index (χ4n) is 2.59. The number of β-amino-alcohol motifs (C(OH)–C–C–N with tert-alkyl or cyclic N) is 1. The van der Waals surface area contributed by atoms with Crippen molar-refractivity contribution in [2.75, 3.05) is 44.2 Å². The molecule has 5 nitrogen and oxygen atoms in total. The lowest BCUT2D eigenvalue weighted by atomic mass is 10.2. The molecule has 1 aliphatic heterocycles. The van der Waals surface area contributed by atoms with Crippen LogP contribution in [0.15, 0.2) is 24.5 Å². The molecule has 0 radical (unpaired) electrons. The van der Waals surface area contributed by atoms with E-state index in [0.29, 0.717) is 6.54 Å². The lowest BCUT2D eigenvalue weighted by Crippen LogP contribution is -2.47. The zero-order chi connectivity index (χ0) is 13.9. The van der Waals surface area contributed by atoms with Crippen LogP contribution in [0.5, 0.6) is 0 Å². The van der Waals surface area contributed by atoms with Crippen molar-refractivity contribution in [1.29, 1.82) is 0 Å². The fourth-order valence-corrected chi connectivity index (χ4v) is 2.59. The molecule has 3 rings (SSSR count). The minimum absolute atomic E-state index is 0.182. The van der Waals surface area contributed by atoms with E-state index >= 15 is 0 Å². The summed E-state index contributed by atoms with van der Waals surface area (Å²) in [6, 6.07) is 4.58. The Hall–Kier alpha value is -1.79. The van der Waals surface area contributed by atoms with E-state index in [1.807, 2.05) is 0 Å². The molecular formula is C14H17FN4O. The molecule has 1 saturated heterocycles. The number of aromatic nitrogens is 2. The number of anilines is 1. The van der Waals surface area contributed by atoms with Gasteiger partial charge in [0.05, 0.1) is 12.1 Å². The Bertz CT molecular complexity index is 599. The van der Waals surface area contributed by atoms with Crippen molar-refractivity contribution < 1.29 is 9.50 Å². The van der Waals surface area contributed by atoms with Gasteiger partial charge in [-0.2, -0.15) is 0 Å². The fraction of sp³-hybridized carbons (Fsp3) is 0.429. The number of hydrogen-bond acceptors (Lipinski definition) is 5. The zero-order valence-corrected chi connectivity index (χ0v) is 11.2. The maximum atomic E-state index is 13.4. The monoisotopic (exact) mass is 276 g/mol. The number of rotatable bonds is 3. The highest BCUT2D eigenvalue weighted by atomic mass is 19.1. The lowest BCUT2D eigenvalue weighted by Gasteiger charge is -2.35. The average molecular weight is 276 g/mol. The van der Waals surface area contributed by atoms with Gasteiger partial charge in [-0.1, -0.05) is 0 Å². The van der Waals surface area contributed by atoms with Crippen molar-refractivity contribution in [3.8, 4) is 0 Å². The van der Waals surface area contributed by atoms with Crippen LogP contribution < -0.4 is 4.90 Å². The first-order valence-corrected chi connectivity index (χ1v) is 6.76. The topological polar surface area (TPSA) is 52.5 Å². The minimum atomic E-state index is -0.271. The van der Waals surface area contributed by atoms with Crippen molar-refractivity contribution in [1.82, 2.24) is 14.9 Å². The van der Waals surface area contributed by atoms with Crippen molar-refractivity contribution in [3.05, 3.63) is 30.3 Å². The SMILES string of the molecule is OCCN1CCN(c2ncnc3ccc(F)cc23)CC1. The van der Waals surface area contributed by atoms with Crippen LogP contribution in [0.1, 0.15) is 0 Å². The molecule has 6 heteroatoms. The summed E-state index contributed by atoms with van der Waals surface area (Å²) in [6.45, 7) is 4.28. The Kier molecular flexibility index (Phi) is 3.75. The highest BCUT2D eigenvalue weighted by Gasteiger charge is 2.19. The van der Waals surface area contributed by atoms with E-state index in [-0.39, 0.29) is 12.4 Å². The van der Waals surface area contributed by atoms with E-state index in [2.05, 4.69) is 19.8 Å². The van der Waals surface area contributed by atoms with Crippen LogP contribution in [-0.2, 0) is 0 Å². The van der Waals surface area contributed by atoms with Gasteiger partial charge in [-0.25, -0.2) is 14.4 Å². The van der Waals surface area contributed by atoms with Gasteiger partial charge >= 0.3 is 0 Å². The number of fused-ring (bicyclic) bond motifs is 1. The molecule has 0 bridgehead atoms. The number of piperazine rings is 1. The van der Waals surface area contributed by atoms with E-state index in [4.69, 9.17) is 5.11 Å². The molecule has 0 atom stereocenters. The Morgan fingerprint density at radius 3 is 2.70 bits per heavy atom. The molecule has 1 fully saturated rings. The molecule has 0 saturated carbocycles. The third-order valence-corrected chi connectivity index (χ3v) is 3.66. The summed E-state index contributed by atoms with van der Waals surface area (Å²) in [6.07, 6.45) is 1.52. The number of aliphatic hydroxyl groups excluding tert-OH is 1. The molecule has 1 N–H and O–H groups in total. The summed E-state index contributed by atoms with van der Waals surface area (Å²) in [4.78, 5) is 12.9. The minimum Gasteiger partial charge on any atom is -0.395 e. The second-order valence-corrected chi connectivity index (χ2v) is 4.91. The molecule has 106 valence electrons. The Morgan fingerprint density at radius 2 is 1.95 bits per heavy atom. The summed E-state index contributed by atoms with van der Waals surface area (Å²) >= 11 is 0. The van der Waals surface area contributed by atoms with Crippen LogP contribution in [0.4, 0.5) is 10.2 Å².